The van der Waals surface area contributed by atoms with Gasteiger partial charge in [0.05, 0.1) is 6.54 Å². The molecule has 0 aliphatic carbocycles. The summed E-state index contributed by atoms with van der Waals surface area (Å²) < 4.78 is 0. The third kappa shape index (κ3) is 4.40. The Labute approximate surface area is 106 Å². The number of rotatable bonds is 7. The number of likely N-dealkylation sites (N-methyl/N-ethyl adjacent to an activating group) is 2. The molecule has 0 aromatic carbocycles. The van der Waals surface area contributed by atoms with E-state index in [4.69, 9.17) is 0 Å². The Morgan fingerprint density at radius 3 is 2.76 bits per heavy atom. The molecule has 0 radical (unpaired) electrons. The minimum absolute atomic E-state index is 0.211. The number of likely N-dealkylation sites (tertiary alicyclic amines) is 1. The average molecular weight is 240 g/mol. The first-order valence-corrected chi connectivity index (χ1v) is 7.03. The predicted molar refractivity (Wildman–Crippen MR) is 72.2 cm³/mol. The Kier molecular flexibility index (Phi) is 6.14. The topological polar surface area (TPSA) is 23.6 Å². The normalized spacial score (nSPS) is 23.2. The first-order valence-electron chi connectivity index (χ1n) is 7.03. The van der Waals surface area contributed by atoms with Gasteiger partial charge in [-0.05, 0) is 39.4 Å². The first-order chi connectivity index (χ1) is 8.08. The number of hydrogen-bond acceptors (Lipinski definition) is 3. The zero-order chi connectivity index (χ0) is 12.8. The molecule has 2 atom stereocenters. The summed E-state index contributed by atoms with van der Waals surface area (Å²) in [6.07, 6.45) is 3.55. The van der Waals surface area contributed by atoms with Crippen molar-refractivity contribution in [2.45, 2.75) is 46.1 Å². The van der Waals surface area contributed by atoms with Crippen LogP contribution >= 0.6 is 0 Å². The lowest BCUT2D eigenvalue weighted by molar-refractivity contribution is -0.123. The van der Waals surface area contributed by atoms with Crippen LogP contribution in [0.2, 0.25) is 0 Å². The monoisotopic (exact) mass is 240 g/mol. The standard InChI is InChI=1S/C14H28N2O/c1-5-12(3)14(17)11-15(4)10-13-8-7-9-16(13)6-2/h12-13H,5-11H2,1-4H3. The maximum atomic E-state index is 11.9. The molecule has 0 spiro atoms. The fourth-order valence-electron chi connectivity index (χ4n) is 2.59. The van der Waals surface area contributed by atoms with Crippen molar-refractivity contribution in [3.8, 4) is 0 Å². The summed E-state index contributed by atoms with van der Waals surface area (Å²) in [6.45, 7) is 10.4. The maximum Gasteiger partial charge on any atom is 0.149 e. The van der Waals surface area contributed by atoms with E-state index < -0.39 is 0 Å². The molecule has 0 saturated carbocycles. The van der Waals surface area contributed by atoms with E-state index in [0.717, 1.165) is 19.5 Å². The van der Waals surface area contributed by atoms with Crippen LogP contribution < -0.4 is 0 Å². The Bertz CT molecular complexity index is 242. The summed E-state index contributed by atoms with van der Waals surface area (Å²) in [5.74, 6) is 0.597. The van der Waals surface area contributed by atoms with Gasteiger partial charge in [0.1, 0.15) is 5.78 Å². The smallest absolute Gasteiger partial charge is 0.149 e. The molecule has 3 nitrogen and oxygen atoms in total. The molecule has 1 heterocycles. The first kappa shape index (κ1) is 14.7. The van der Waals surface area contributed by atoms with Crippen LogP contribution in [0.3, 0.4) is 0 Å². The summed E-state index contributed by atoms with van der Waals surface area (Å²) in [5, 5.41) is 0. The number of Topliss-reactive ketones (excluding diaryl/α,β-unsaturated/α-hetero) is 1. The summed E-state index contributed by atoms with van der Waals surface area (Å²) in [7, 11) is 2.08. The van der Waals surface area contributed by atoms with Gasteiger partial charge in [0.2, 0.25) is 0 Å². The lowest BCUT2D eigenvalue weighted by Gasteiger charge is -2.27. The summed E-state index contributed by atoms with van der Waals surface area (Å²) in [4.78, 5) is 16.6. The van der Waals surface area contributed by atoms with Gasteiger partial charge in [-0.15, -0.1) is 0 Å². The van der Waals surface area contributed by atoms with Gasteiger partial charge < -0.3 is 0 Å². The van der Waals surface area contributed by atoms with Crippen LogP contribution in [0.15, 0.2) is 0 Å². The number of ketones is 1. The van der Waals surface area contributed by atoms with Crippen molar-refractivity contribution in [2.75, 3.05) is 33.2 Å². The van der Waals surface area contributed by atoms with Gasteiger partial charge in [-0.2, -0.15) is 0 Å². The molecular weight excluding hydrogens is 212 g/mol. The number of nitrogens with zero attached hydrogens (tertiary/aromatic N) is 2. The highest BCUT2D eigenvalue weighted by molar-refractivity contribution is 5.82. The molecule has 1 fully saturated rings. The number of carbonyl (C=O) groups excluding carboxylic acids is 1. The maximum absolute atomic E-state index is 11.9. The second-order valence-electron chi connectivity index (χ2n) is 5.40. The van der Waals surface area contributed by atoms with Gasteiger partial charge in [-0.1, -0.05) is 20.8 Å². The van der Waals surface area contributed by atoms with E-state index in [1.54, 1.807) is 0 Å². The SMILES string of the molecule is CCC(C)C(=O)CN(C)CC1CCCN1CC. The van der Waals surface area contributed by atoms with Gasteiger partial charge in [0.25, 0.3) is 0 Å². The minimum atomic E-state index is 0.211. The second kappa shape index (κ2) is 7.12. The zero-order valence-corrected chi connectivity index (χ0v) is 11.9. The Morgan fingerprint density at radius 1 is 1.47 bits per heavy atom. The lowest BCUT2D eigenvalue weighted by atomic mass is 10.0. The molecule has 3 heteroatoms. The molecular formula is C14H28N2O. The molecule has 0 aromatic heterocycles. The molecule has 100 valence electrons. The van der Waals surface area contributed by atoms with Gasteiger partial charge in [-0.25, -0.2) is 0 Å². The zero-order valence-electron chi connectivity index (χ0n) is 11.9. The number of carbonyl (C=O) groups is 1. The highest BCUT2D eigenvalue weighted by atomic mass is 16.1. The van der Waals surface area contributed by atoms with Gasteiger partial charge in [0, 0.05) is 18.5 Å². The van der Waals surface area contributed by atoms with Crippen molar-refractivity contribution in [2.24, 2.45) is 5.92 Å². The van der Waals surface area contributed by atoms with Crippen LogP contribution in [0, 0.1) is 5.92 Å². The largest absolute Gasteiger partial charge is 0.299 e. The number of hydrogen-bond donors (Lipinski definition) is 0. The summed E-state index contributed by atoms with van der Waals surface area (Å²) >= 11 is 0. The fourth-order valence-corrected chi connectivity index (χ4v) is 2.59. The molecule has 0 amide bonds. The van der Waals surface area contributed by atoms with E-state index in [1.165, 1.54) is 19.4 Å². The van der Waals surface area contributed by atoms with Crippen molar-refractivity contribution < 1.29 is 4.79 Å². The van der Waals surface area contributed by atoms with E-state index in [9.17, 15) is 4.79 Å². The lowest BCUT2D eigenvalue weighted by Crippen LogP contribution is -2.41. The molecule has 1 aliphatic rings. The molecule has 2 unspecified atom stereocenters. The van der Waals surface area contributed by atoms with Crippen LogP contribution in [0.4, 0.5) is 0 Å². The van der Waals surface area contributed by atoms with E-state index >= 15 is 0 Å². The average Bonchev–Trinajstić information content (AvgIpc) is 2.74. The summed E-state index contributed by atoms with van der Waals surface area (Å²) in [5.41, 5.74) is 0. The van der Waals surface area contributed by atoms with Crippen LogP contribution in [-0.2, 0) is 4.79 Å². The predicted octanol–water partition coefficient (Wildman–Crippen LogP) is 2.02. The molecule has 0 N–H and O–H groups in total. The van der Waals surface area contributed by atoms with Crippen molar-refractivity contribution in [1.29, 1.82) is 0 Å². The van der Waals surface area contributed by atoms with Crippen molar-refractivity contribution in [1.82, 2.24) is 9.80 Å². The van der Waals surface area contributed by atoms with E-state index in [1.807, 2.05) is 6.92 Å². The van der Waals surface area contributed by atoms with Crippen molar-refractivity contribution in [3.05, 3.63) is 0 Å². The third-order valence-corrected chi connectivity index (χ3v) is 4.02. The highest BCUT2D eigenvalue weighted by Gasteiger charge is 2.24. The van der Waals surface area contributed by atoms with E-state index in [2.05, 4.69) is 30.7 Å². The molecule has 1 saturated heterocycles. The molecule has 17 heavy (non-hydrogen) atoms. The van der Waals surface area contributed by atoms with Crippen LogP contribution in [-0.4, -0.2) is 54.9 Å². The molecule has 1 rings (SSSR count). The molecule has 0 bridgehead atoms. The Hall–Kier alpha value is -0.410. The molecule has 0 aromatic rings. The quantitative estimate of drug-likeness (QED) is 0.680. The Balaban J connectivity index is 2.33. The van der Waals surface area contributed by atoms with Crippen molar-refractivity contribution >= 4 is 5.78 Å². The van der Waals surface area contributed by atoms with Crippen molar-refractivity contribution in [3.63, 3.8) is 0 Å². The van der Waals surface area contributed by atoms with Crippen LogP contribution in [0.1, 0.15) is 40.0 Å². The summed E-state index contributed by atoms with van der Waals surface area (Å²) in [6, 6.07) is 0.662. The van der Waals surface area contributed by atoms with Crippen LogP contribution in [0.5, 0.6) is 0 Å². The van der Waals surface area contributed by atoms with Gasteiger partial charge in [-0.3, -0.25) is 14.6 Å². The van der Waals surface area contributed by atoms with E-state index in [0.29, 0.717) is 18.4 Å². The Morgan fingerprint density at radius 2 is 2.18 bits per heavy atom. The third-order valence-electron chi connectivity index (χ3n) is 4.02. The fraction of sp³-hybridized carbons (Fsp3) is 0.929. The molecule has 1 aliphatic heterocycles. The minimum Gasteiger partial charge on any atom is -0.299 e. The highest BCUT2D eigenvalue weighted by Crippen LogP contribution is 2.17. The second-order valence-corrected chi connectivity index (χ2v) is 5.40. The van der Waals surface area contributed by atoms with Crippen LogP contribution in [0.25, 0.3) is 0 Å². The van der Waals surface area contributed by atoms with E-state index in [-0.39, 0.29) is 5.92 Å². The van der Waals surface area contributed by atoms with Gasteiger partial charge in [0.15, 0.2) is 0 Å². The van der Waals surface area contributed by atoms with Gasteiger partial charge >= 0.3 is 0 Å².